The van der Waals surface area contributed by atoms with Crippen molar-refractivity contribution >= 4 is 35.5 Å². The lowest BCUT2D eigenvalue weighted by Gasteiger charge is -2.20. The molecule has 0 saturated carbocycles. The summed E-state index contributed by atoms with van der Waals surface area (Å²) in [6.07, 6.45) is 2.40. The van der Waals surface area contributed by atoms with Crippen LogP contribution in [-0.2, 0) is 17.9 Å². The Balaban J connectivity index is 0.00000289. The molecule has 3 aromatic rings. The third kappa shape index (κ3) is 5.05. The van der Waals surface area contributed by atoms with Gasteiger partial charge in [-0.1, -0.05) is 5.92 Å². The van der Waals surface area contributed by atoms with E-state index in [4.69, 9.17) is 10.5 Å². The standard InChI is InChI=1S/C20H17FN6O3S.ClH/c21-8-13(9-22)10-27-20(29)26(12-24-27)11-15-4-3-14(31-15)5-6-17-19(28)25-18-16(30-17)2-1-7-23-18;/h1-4,7-8,12,17H,9-11,22H2,(H,23,25,28);1H/b13-8+;. The fourth-order valence-electron chi connectivity index (χ4n) is 2.80. The number of nitrogens with two attached hydrogens (primary N) is 1. The number of aromatic nitrogens is 4. The minimum absolute atomic E-state index is 0. The van der Waals surface area contributed by atoms with Gasteiger partial charge in [-0.2, -0.15) is 5.10 Å². The van der Waals surface area contributed by atoms with E-state index in [9.17, 15) is 14.0 Å². The molecular formula is C20H18ClFN6O3S. The maximum Gasteiger partial charge on any atom is 0.346 e. The lowest BCUT2D eigenvalue weighted by Crippen LogP contribution is -2.36. The van der Waals surface area contributed by atoms with Crippen LogP contribution in [0.5, 0.6) is 5.75 Å². The highest BCUT2D eigenvalue weighted by molar-refractivity contribution is 7.12. The minimum atomic E-state index is -0.941. The van der Waals surface area contributed by atoms with Crippen LogP contribution in [0, 0.1) is 11.8 Å². The number of amides is 1. The number of fused-ring (bicyclic) bond motifs is 1. The van der Waals surface area contributed by atoms with E-state index in [0.29, 0.717) is 24.4 Å². The minimum Gasteiger partial charge on any atom is -0.464 e. The summed E-state index contributed by atoms with van der Waals surface area (Å²) in [5, 5.41) is 6.65. The number of carbonyl (C=O) groups is 1. The molecule has 0 bridgehead atoms. The van der Waals surface area contributed by atoms with Gasteiger partial charge in [-0.15, -0.1) is 23.7 Å². The number of pyridine rings is 1. The van der Waals surface area contributed by atoms with Gasteiger partial charge in [-0.25, -0.2) is 18.9 Å². The van der Waals surface area contributed by atoms with Crippen molar-refractivity contribution in [3.8, 4) is 17.6 Å². The molecule has 3 N–H and O–H groups in total. The molecule has 166 valence electrons. The molecule has 12 heteroatoms. The second-order valence-corrected chi connectivity index (χ2v) is 7.71. The van der Waals surface area contributed by atoms with Gasteiger partial charge >= 0.3 is 5.69 Å². The molecule has 0 radical (unpaired) electrons. The molecule has 3 aromatic heterocycles. The number of nitrogens with zero attached hydrogens (tertiary/aromatic N) is 4. The summed E-state index contributed by atoms with van der Waals surface area (Å²) in [5.74, 6) is 6.20. The molecule has 0 saturated heterocycles. The van der Waals surface area contributed by atoms with Gasteiger partial charge in [0.1, 0.15) is 6.33 Å². The highest BCUT2D eigenvalue weighted by Crippen LogP contribution is 2.26. The fraction of sp³-hybridized carbons (Fsp3) is 0.200. The van der Waals surface area contributed by atoms with Crippen LogP contribution in [0.15, 0.2) is 53.5 Å². The topological polar surface area (TPSA) is 117 Å². The summed E-state index contributed by atoms with van der Waals surface area (Å²) in [6.45, 7) is 0.303. The van der Waals surface area contributed by atoms with E-state index in [2.05, 4.69) is 27.2 Å². The van der Waals surface area contributed by atoms with Crippen molar-refractivity contribution in [1.29, 1.82) is 0 Å². The molecule has 1 aliphatic heterocycles. The SMILES string of the molecule is Cl.NC/C(=C\F)Cn1ncn(Cc2ccc(C#CC3Oc4cccnc4NC3=O)s2)c1=O. The zero-order valence-corrected chi connectivity index (χ0v) is 18.2. The van der Waals surface area contributed by atoms with E-state index in [1.54, 1.807) is 24.4 Å². The summed E-state index contributed by atoms with van der Waals surface area (Å²) in [7, 11) is 0. The Morgan fingerprint density at radius 1 is 1.38 bits per heavy atom. The average molecular weight is 477 g/mol. The Kier molecular flexibility index (Phi) is 7.42. The largest absolute Gasteiger partial charge is 0.464 e. The second kappa shape index (κ2) is 10.2. The molecule has 0 fully saturated rings. The predicted octanol–water partition coefficient (Wildman–Crippen LogP) is 1.53. The summed E-state index contributed by atoms with van der Waals surface area (Å²) >= 11 is 1.38. The van der Waals surface area contributed by atoms with Crippen molar-refractivity contribution in [2.75, 3.05) is 11.9 Å². The van der Waals surface area contributed by atoms with Crippen LogP contribution in [-0.4, -0.2) is 37.9 Å². The lowest BCUT2D eigenvalue weighted by atomic mass is 10.2. The molecular weight excluding hydrogens is 459 g/mol. The molecule has 0 spiro atoms. The van der Waals surface area contributed by atoms with Crippen molar-refractivity contribution < 1.29 is 13.9 Å². The predicted molar refractivity (Wildman–Crippen MR) is 120 cm³/mol. The zero-order valence-electron chi connectivity index (χ0n) is 16.5. The van der Waals surface area contributed by atoms with Gasteiger partial charge in [-0.3, -0.25) is 9.36 Å². The van der Waals surface area contributed by atoms with Crippen LogP contribution in [0.2, 0.25) is 0 Å². The number of nitrogens with one attached hydrogen (secondary N) is 1. The first-order valence-electron chi connectivity index (χ1n) is 9.20. The van der Waals surface area contributed by atoms with Crippen molar-refractivity contribution in [1.82, 2.24) is 19.3 Å². The van der Waals surface area contributed by atoms with E-state index in [1.165, 1.54) is 22.2 Å². The average Bonchev–Trinajstić information content (AvgIpc) is 3.37. The highest BCUT2D eigenvalue weighted by atomic mass is 35.5. The number of thiophene rings is 1. The number of hydrogen-bond acceptors (Lipinski definition) is 7. The van der Waals surface area contributed by atoms with Gasteiger partial charge in [0, 0.05) is 17.6 Å². The van der Waals surface area contributed by atoms with Crippen LogP contribution in [0.1, 0.15) is 9.75 Å². The number of ether oxygens (including phenoxy) is 1. The number of anilines is 1. The quantitative estimate of drug-likeness (QED) is 0.539. The zero-order chi connectivity index (χ0) is 21.8. The summed E-state index contributed by atoms with van der Waals surface area (Å²) in [4.78, 5) is 30.1. The Labute approximate surface area is 192 Å². The molecule has 32 heavy (non-hydrogen) atoms. The molecule has 0 aliphatic carbocycles. The molecule has 1 atom stereocenters. The lowest BCUT2D eigenvalue weighted by molar-refractivity contribution is -0.121. The van der Waals surface area contributed by atoms with Crippen molar-refractivity contribution in [2.45, 2.75) is 19.2 Å². The number of hydrogen-bond donors (Lipinski definition) is 2. The third-order valence-electron chi connectivity index (χ3n) is 4.38. The fourth-order valence-corrected chi connectivity index (χ4v) is 3.66. The van der Waals surface area contributed by atoms with Crippen LogP contribution < -0.4 is 21.5 Å². The van der Waals surface area contributed by atoms with E-state index < -0.39 is 6.10 Å². The number of carbonyl (C=O) groups excluding carboxylic acids is 1. The Morgan fingerprint density at radius 2 is 2.22 bits per heavy atom. The first-order valence-corrected chi connectivity index (χ1v) is 10.0. The van der Waals surface area contributed by atoms with E-state index >= 15 is 0 Å². The van der Waals surface area contributed by atoms with E-state index in [0.717, 1.165) is 14.4 Å². The van der Waals surface area contributed by atoms with Gasteiger partial charge in [-0.05, 0) is 35.8 Å². The van der Waals surface area contributed by atoms with E-state index in [1.807, 2.05) is 6.07 Å². The van der Waals surface area contributed by atoms with Crippen molar-refractivity contribution in [2.24, 2.45) is 5.73 Å². The number of rotatable bonds is 5. The first-order chi connectivity index (χ1) is 15.1. The molecule has 4 rings (SSSR count). The van der Waals surface area contributed by atoms with Gasteiger partial charge in [0.05, 0.1) is 24.3 Å². The normalized spacial score (nSPS) is 15.0. The van der Waals surface area contributed by atoms with Crippen molar-refractivity contribution in [3.63, 3.8) is 0 Å². The van der Waals surface area contributed by atoms with Gasteiger partial charge in [0.2, 0.25) is 6.10 Å². The van der Waals surface area contributed by atoms with Crippen LogP contribution in [0.3, 0.4) is 0 Å². The highest BCUT2D eigenvalue weighted by Gasteiger charge is 2.26. The molecule has 1 unspecified atom stereocenters. The van der Waals surface area contributed by atoms with Gasteiger partial charge < -0.3 is 15.8 Å². The Morgan fingerprint density at radius 3 is 3.00 bits per heavy atom. The Hall–Kier alpha value is -3.46. The van der Waals surface area contributed by atoms with Crippen LogP contribution >= 0.6 is 23.7 Å². The second-order valence-electron chi connectivity index (χ2n) is 6.54. The number of halogens is 2. The van der Waals surface area contributed by atoms with E-state index in [-0.39, 0.29) is 42.7 Å². The van der Waals surface area contributed by atoms with Crippen LogP contribution in [0.25, 0.3) is 0 Å². The smallest absolute Gasteiger partial charge is 0.346 e. The van der Waals surface area contributed by atoms with Crippen LogP contribution in [0.4, 0.5) is 10.2 Å². The molecule has 4 heterocycles. The van der Waals surface area contributed by atoms with Gasteiger partial charge in [0.15, 0.2) is 11.6 Å². The maximum absolute atomic E-state index is 12.7. The monoisotopic (exact) mass is 476 g/mol. The summed E-state index contributed by atoms with van der Waals surface area (Å²) < 4.78 is 20.9. The maximum atomic E-state index is 12.7. The molecule has 1 amide bonds. The van der Waals surface area contributed by atoms with Gasteiger partial charge in [0.25, 0.3) is 5.91 Å². The first kappa shape index (κ1) is 23.2. The Bertz CT molecular complexity index is 1270. The summed E-state index contributed by atoms with van der Waals surface area (Å²) in [5.41, 5.74) is 5.33. The molecule has 0 aromatic carbocycles. The summed E-state index contributed by atoms with van der Waals surface area (Å²) in [6, 6.07) is 7.06. The van der Waals surface area contributed by atoms with Crippen molar-refractivity contribution in [3.05, 3.63) is 68.9 Å². The molecule has 1 aliphatic rings. The third-order valence-corrected chi connectivity index (χ3v) is 5.36. The molecule has 9 nitrogen and oxygen atoms in total.